The van der Waals surface area contributed by atoms with Gasteiger partial charge in [0.1, 0.15) is 0 Å². The molecule has 0 unspecified atom stereocenters. The van der Waals surface area contributed by atoms with Crippen LogP contribution in [0.1, 0.15) is 32.8 Å². The Morgan fingerprint density at radius 2 is 2.04 bits per heavy atom. The zero-order chi connectivity index (χ0) is 18.1. The number of pyridine rings is 1. The molecule has 0 aliphatic rings. The predicted molar refractivity (Wildman–Crippen MR) is 86.2 cm³/mol. The normalized spacial score (nSPS) is 12.6. The number of fused-ring (bicyclic) bond motifs is 1. The lowest BCUT2D eigenvalue weighted by Gasteiger charge is -2.24. The van der Waals surface area contributed by atoms with Gasteiger partial charge in [-0.25, -0.2) is 0 Å². The maximum atomic E-state index is 12.9. The first-order valence-corrected chi connectivity index (χ1v) is 8.45. The molecule has 2 aromatic heterocycles. The lowest BCUT2D eigenvalue weighted by molar-refractivity contribution is -0.137. The van der Waals surface area contributed by atoms with Crippen molar-refractivity contribution >= 4 is 34.9 Å². The fourth-order valence-electron chi connectivity index (χ4n) is 1.82. The van der Waals surface area contributed by atoms with E-state index in [2.05, 4.69) is 15.5 Å². The average Bonchev–Trinajstić information content (AvgIpc) is 2.87. The van der Waals surface area contributed by atoms with E-state index < -0.39 is 11.7 Å². The van der Waals surface area contributed by atoms with E-state index in [9.17, 15) is 18.0 Å². The van der Waals surface area contributed by atoms with Crippen molar-refractivity contribution in [3.05, 3.63) is 22.8 Å². The van der Waals surface area contributed by atoms with Crippen LogP contribution in [0.3, 0.4) is 0 Å². The van der Waals surface area contributed by atoms with Crippen LogP contribution < -0.4 is 5.32 Å². The van der Waals surface area contributed by atoms with Gasteiger partial charge in [0, 0.05) is 11.7 Å². The van der Waals surface area contributed by atoms with Gasteiger partial charge in [-0.1, -0.05) is 30.3 Å². The summed E-state index contributed by atoms with van der Waals surface area (Å²) in [5.74, 6) is -0.223. The van der Waals surface area contributed by atoms with Crippen molar-refractivity contribution in [3.8, 4) is 0 Å². The zero-order valence-electron chi connectivity index (χ0n) is 13.2. The summed E-state index contributed by atoms with van der Waals surface area (Å²) in [7, 11) is 0. The number of nitrogens with zero attached hydrogens (tertiary/aromatic N) is 3. The summed E-state index contributed by atoms with van der Waals surface area (Å²) >= 11 is 6.83. The second-order valence-electron chi connectivity index (χ2n) is 5.82. The van der Waals surface area contributed by atoms with Crippen LogP contribution in [-0.2, 0) is 11.0 Å². The van der Waals surface area contributed by atoms with Gasteiger partial charge in [-0.05, 0) is 26.3 Å². The number of aromatic nitrogens is 3. The minimum Gasteiger partial charge on any atom is -0.351 e. The van der Waals surface area contributed by atoms with Crippen molar-refractivity contribution < 1.29 is 18.0 Å². The third kappa shape index (κ3) is 4.32. The Hall–Kier alpha value is -1.48. The van der Waals surface area contributed by atoms with E-state index in [4.69, 9.17) is 11.6 Å². The summed E-state index contributed by atoms with van der Waals surface area (Å²) in [6, 6.07) is 0.802. The van der Waals surface area contributed by atoms with Crippen molar-refractivity contribution in [2.45, 2.75) is 44.1 Å². The SMILES string of the molecule is CCC(C)(C)NC(=O)CSc1nnc2c(Cl)cc(C(F)(F)F)cn12. The Labute approximate surface area is 146 Å². The molecule has 10 heteroatoms. The number of carbonyl (C=O) groups is 1. The van der Waals surface area contributed by atoms with Crippen LogP contribution in [-0.4, -0.2) is 31.8 Å². The highest BCUT2D eigenvalue weighted by atomic mass is 35.5. The van der Waals surface area contributed by atoms with Gasteiger partial charge >= 0.3 is 6.18 Å². The molecule has 0 bridgehead atoms. The Balaban J connectivity index is 2.21. The third-order valence-electron chi connectivity index (χ3n) is 3.45. The van der Waals surface area contributed by atoms with Gasteiger partial charge in [0.25, 0.3) is 0 Å². The largest absolute Gasteiger partial charge is 0.417 e. The number of halogens is 4. The Morgan fingerprint density at radius 3 is 2.62 bits per heavy atom. The van der Waals surface area contributed by atoms with E-state index >= 15 is 0 Å². The van der Waals surface area contributed by atoms with Crippen molar-refractivity contribution in [2.24, 2.45) is 0 Å². The molecule has 0 saturated heterocycles. The number of alkyl halides is 3. The number of thioether (sulfide) groups is 1. The Bertz CT molecular complexity index is 760. The first-order valence-electron chi connectivity index (χ1n) is 7.09. The van der Waals surface area contributed by atoms with Crippen LogP contribution in [0.25, 0.3) is 5.65 Å². The van der Waals surface area contributed by atoms with Gasteiger partial charge in [-0.3, -0.25) is 9.20 Å². The summed E-state index contributed by atoms with van der Waals surface area (Å²) in [6.45, 7) is 5.72. The summed E-state index contributed by atoms with van der Waals surface area (Å²) in [6.07, 6.45) is -2.91. The van der Waals surface area contributed by atoms with Gasteiger partial charge in [0.15, 0.2) is 10.8 Å². The maximum Gasteiger partial charge on any atom is 0.417 e. The molecule has 2 aromatic rings. The third-order valence-corrected chi connectivity index (χ3v) is 4.67. The van der Waals surface area contributed by atoms with Crippen LogP contribution in [0.15, 0.2) is 17.4 Å². The first kappa shape index (κ1) is 18.9. The second kappa shape index (κ2) is 6.79. The van der Waals surface area contributed by atoms with Gasteiger partial charge in [0.05, 0.1) is 16.3 Å². The minimum atomic E-state index is -4.54. The van der Waals surface area contributed by atoms with Gasteiger partial charge in [-0.2, -0.15) is 13.2 Å². The van der Waals surface area contributed by atoms with Crippen molar-refractivity contribution in [2.75, 3.05) is 5.75 Å². The molecule has 1 N–H and O–H groups in total. The fraction of sp³-hybridized carbons (Fsp3) is 0.500. The predicted octanol–water partition coefficient (Wildman–Crippen LogP) is 3.80. The highest BCUT2D eigenvalue weighted by Gasteiger charge is 2.32. The summed E-state index contributed by atoms with van der Waals surface area (Å²) in [5, 5.41) is 10.4. The molecule has 0 aromatic carbocycles. The van der Waals surface area contributed by atoms with E-state index in [1.54, 1.807) is 0 Å². The highest BCUT2D eigenvalue weighted by molar-refractivity contribution is 7.99. The first-order chi connectivity index (χ1) is 11.0. The lowest BCUT2D eigenvalue weighted by atomic mass is 10.0. The molecule has 1 amide bonds. The van der Waals surface area contributed by atoms with Crippen LogP contribution >= 0.6 is 23.4 Å². The van der Waals surface area contributed by atoms with Crippen LogP contribution in [0.2, 0.25) is 5.02 Å². The number of nitrogens with one attached hydrogen (secondary N) is 1. The molecule has 2 rings (SSSR count). The molecule has 0 aliphatic carbocycles. The lowest BCUT2D eigenvalue weighted by Crippen LogP contribution is -2.43. The monoisotopic (exact) mass is 380 g/mol. The van der Waals surface area contributed by atoms with Gasteiger partial charge in [0.2, 0.25) is 5.91 Å². The van der Waals surface area contributed by atoms with E-state index in [-0.39, 0.29) is 33.0 Å². The summed E-state index contributed by atoms with van der Waals surface area (Å²) < 4.78 is 39.8. The van der Waals surface area contributed by atoms with Crippen molar-refractivity contribution in [1.82, 2.24) is 19.9 Å². The van der Waals surface area contributed by atoms with E-state index in [0.717, 1.165) is 34.8 Å². The topological polar surface area (TPSA) is 59.3 Å². The second-order valence-corrected chi connectivity index (χ2v) is 7.17. The molecule has 0 fully saturated rings. The highest BCUT2D eigenvalue weighted by Crippen LogP contribution is 2.33. The van der Waals surface area contributed by atoms with Gasteiger partial charge in [-0.15, -0.1) is 10.2 Å². The molecule has 132 valence electrons. The van der Waals surface area contributed by atoms with E-state index in [1.807, 2.05) is 20.8 Å². The van der Waals surface area contributed by atoms with Crippen LogP contribution in [0.4, 0.5) is 13.2 Å². The molecule has 0 radical (unpaired) electrons. The number of rotatable bonds is 5. The van der Waals surface area contributed by atoms with E-state index in [0.29, 0.717) is 0 Å². The van der Waals surface area contributed by atoms with Crippen molar-refractivity contribution in [3.63, 3.8) is 0 Å². The number of amides is 1. The standard InChI is InChI=1S/C14H16ClF3N4OS/c1-4-13(2,3)19-10(23)7-24-12-21-20-11-9(15)5-8(6-22(11)12)14(16,17)18/h5-6H,4,7H2,1-3H3,(H,19,23). The van der Waals surface area contributed by atoms with Gasteiger partial charge < -0.3 is 5.32 Å². The number of hydrogen-bond donors (Lipinski definition) is 1. The quantitative estimate of drug-likeness (QED) is 0.801. The molecule has 0 spiro atoms. The molecule has 2 heterocycles. The molecule has 5 nitrogen and oxygen atoms in total. The minimum absolute atomic E-state index is 0.0120. The van der Waals surface area contributed by atoms with Crippen LogP contribution in [0, 0.1) is 0 Å². The molecule has 0 atom stereocenters. The van der Waals surface area contributed by atoms with Crippen molar-refractivity contribution in [1.29, 1.82) is 0 Å². The number of carbonyl (C=O) groups excluding carboxylic acids is 1. The van der Waals surface area contributed by atoms with E-state index in [1.165, 1.54) is 0 Å². The maximum absolute atomic E-state index is 12.9. The number of hydrogen-bond acceptors (Lipinski definition) is 4. The zero-order valence-corrected chi connectivity index (χ0v) is 14.8. The Kier molecular flexibility index (Phi) is 5.34. The summed E-state index contributed by atoms with van der Waals surface area (Å²) in [5.41, 5.74) is -1.14. The molecular weight excluding hydrogens is 365 g/mol. The molecule has 24 heavy (non-hydrogen) atoms. The fourth-order valence-corrected chi connectivity index (χ4v) is 2.77. The van der Waals surface area contributed by atoms with Crippen LogP contribution in [0.5, 0.6) is 0 Å². The molecule has 0 saturated carbocycles. The summed E-state index contributed by atoms with van der Waals surface area (Å²) in [4.78, 5) is 11.9. The average molecular weight is 381 g/mol. The Morgan fingerprint density at radius 1 is 1.38 bits per heavy atom. The molecule has 0 aliphatic heterocycles. The smallest absolute Gasteiger partial charge is 0.351 e. The molecular formula is C14H16ClF3N4OS.